The van der Waals surface area contributed by atoms with E-state index >= 15 is 0 Å². The number of piperazine rings is 1. The highest BCUT2D eigenvalue weighted by Gasteiger charge is 2.48. The largest absolute Gasteiger partial charge is 0.368 e. The van der Waals surface area contributed by atoms with Crippen molar-refractivity contribution >= 4 is 11.8 Å². The van der Waals surface area contributed by atoms with Crippen LogP contribution in [0.15, 0.2) is 0 Å². The number of nitrogens with one attached hydrogen (secondary N) is 1. The quantitative estimate of drug-likeness (QED) is 0.772. The normalized spacial score (nSPS) is 40.6. The second-order valence-electron chi connectivity index (χ2n) is 9.45. The number of ether oxygens (including phenoxy) is 2. The summed E-state index contributed by atoms with van der Waals surface area (Å²) in [5.74, 6) is 1.49. The minimum absolute atomic E-state index is 0.0643. The average molecular weight is 408 g/mol. The van der Waals surface area contributed by atoms with Crippen molar-refractivity contribution in [2.75, 3.05) is 26.8 Å². The van der Waals surface area contributed by atoms with Gasteiger partial charge in [0.25, 0.3) is 5.91 Å². The summed E-state index contributed by atoms with van der Waals surface area (Å²) in [6, 6.07) is 0.321. The number of piperidine rings is 1. The van der Waals surface area contributed by atoms with Crippen LogP contribution in [0.25, 0.3) is 0 Å². The lowest BCUT2D eigenvalue weighted by Gasteiger charge is -2.55. The summed E-state index contributed by atoms with van der Waals surface area (Å²) >= 11 is 0. The standard InChI is InChI=1S/C22H37N3O4/c1-14-13-24(22(27)20-5-4-10-29-20)19-11-16(6-8-18(19)25(14)15(2)26)17-7-9-21(28-3)23-12-17/h14,16-21,23H,4-13H2,1-3H3/t14-,16?,17?,18?,19?,20?,21?/m0/s1. The van der Waals surface area contributed by atoms with Crippen LogP contribution in [0.2, 0.25) is 0 Å². The van der Waals surface area contributed by atoms with Gasteiger partial charge in [0.15, 0.2) is 0 Å². The molecule has 3 saturated heterocycles. The molecule has 2 amide bonds. The number of methoxy groups -OCH3 is 1. The maximum atomic E-state index is 13.3. The number of carbonyl (C=O) groups excluding carboxylic acids is 2. The summed E-state index contributed by atoms with van der Waals surface area (Å²) in [5.41, 5.74) is 0. The molecule has 4 aliphatic rings. The molecule has 7 nitrogen and oxygen atoms in total. The predicted molar refractivity (Wildman–Crippen MR) is 109 cm³/mol. The molecule has 1 saturated carbocycles. The lowest BCUT2D eigenvalue weighted by Crippen LogP contribution is -2.68. The van der Waals surface area contributed by atoms with Gasteiger partial charge < -0.3 is 19.3 Å². The summed E-state index contributed by atoms with van der Waals surface area (Å²) in [6.45, 7) is 6.04. The maximum Gasteiger partial charge on any atom is 0.252 e. The van der Waals surface area contributed by atoms with Crippen LogP contribution < -0.4 is 5.32 Å². The van der Waals surface area contributed by atoms with Gasteiger partial charge in [0.05, 0.1) is 12.1 Å². The highest BCUT2D eigenvalue weighted by Crippen LogP contribution is 2.41. The van der Waals surface area contributed by atoms with Gasteiger partial charge in [0.2, 0.25) is 5.91 Å². The van der Waals surface area contributed by atoms with E-state index in [0.29, 0.717) is 25.0 Å². The zero-order chi connectivity index (χ0) is 20.5. The Labute approximate surface area is 174 Å². The van der Waals surface area contributed by atoms with Gasteiger partial charge in [-0.15, -0.1) is 0 Å². The van der Waals surface area contributed by atoms with Crippen LogP contribution in [0.5, 0.6) is 0 Å². The number of fused-ring (bicyclic) bond motifs is 1. The van der Waals surface area contributed by atoms with Crippen LogP contribution in [0.1, 0.15) is 58.8 Å². The van der Waals surface area contributed by atoms with Crippen LogP contribution in [0.4, 0.5) is 0 Å². The molecule has 4 rings (SSSR count). The van der Waals surface area contributed by atoms with E-state index < -0.39 is 0 Å². The Balaban J connectivity index is 1.51. The third-order valence-corrected chi connectivity index (χ3v) is 7.73. The van der Waals surface area contributed by atoms with Crippen molar-refractivity contribution < 1.29 is 19.1 Å². The number of carbonyl (C=O) groups is 2. The fourth-order valence-electron chi connectivity index (χ4n) is 6.30. The average Bonchev–Trinajstić information content (AvgIpc) is 3.27. The van der Waals surface area contributed by atoms with E-state index in [0.717, 1.165) is 45.1 Å². The van der Waals surface area contributed by atoms with Gasteiger partial charge in [-0.3, -0.25) is 14.9 Å². The summed E-state index contributed by atoms with van der Waals surface area (Å²) in [7, 11) is 1.76. The minimum Gasteiger partial charge on any atom is -0.368 e. The second kappa shape index (κ2) is 8.90. The number of nitrogens with zero attached hydrogens (tertiary/aromatic N) is 2. The molecule has 0 bridgehead atoms. The monoisotopic (exact) mass is 407 g/mol. The second-order valence-corrected chi connectivity index (χ2v) is 9.45. The highest BCUT2D eigenvalue weighted by atomic mass is 16.5. The summed E-state index contributed by atoms with van der Waals surface area (Å²) in [6.07, 6.45) is 6.98. The molecule has 0 aromatic rings. The first-order chi connectivity index (χ1) is 14.0. The van der Waals surface area contributed by atoms with E-state index in [9.17, 15) is 9.59 Å². The molecule has 7 heteroatoms. The van der Waals surface area contributed by atoms with E-state index in [1.54, 1.807) is 14.0 Å². The Kier molecular flexibility index (Phi) is 6.47. The van der Waals surface area contributed by atoms with E-state index in [2.05, 4.69) is 22.0 Å². The lowest BCUT2D eigenvalue weighted by atomic mass is 9.71. The van der Waals surface area contributed by atoms with Crippen molar-refractivity contribution in [1.82, 2.24) is 15.1 Å². The summed E-state index contributed by atoms with van der Waals surface area (Å²) in [5, 5.41) is 3.51. The van der Waals surface area contributed by atoms with Crippen molar-refractivity contribution in [3.05, 3.63) is 0 Å². The van der Waals surface area contributed by atoms with Gasteiger partial charge in [0, 0.05) is 39.8 Å². The number of hydrogen-bond acceptors (Lipinski definition) is 5. The lowest BCUT2D eigenvalue weighted by molar-refractivity contribution is -0.160. The van der Waals surface area contributed by atoms with Crippen LogP contribution in [-0.4, -0.2) is 78.9 Å². The number of rotatable bonds is 3. The fraction of sp³-hybridized carbons (Fsp3) is 0.909. The summed E-state index contributed by atoms with van der Waals surface area (Å²) in [4.78, 5) is 29.9. The minimum atomic E-state index is -0.286. The van der Waals surface area contributed by atoms with Crippen molar-refractivity contribution in [3.63, 3.8) is 0 Å². The Morgan fingerprint density at radius 2 is 1.86 bits per heavy atom. The van der Waals surface area contributed by atoms with Crippen molar-refractivity contribution in [2.24, 2.45) is 11.8 Å². The molecule has 29 heavy (non-hydrogen) atoms. The first kappa shape index (κ1) is 21.1. The molecule has 7 atom stereocenters. The zero-order valence-electron chi connectivity index (χ0n) is 18.1. The molecule has 0 aromatic carbocycles. The molecule has 0 aromatic heterocycles. The van der Waals surface area contributed by atoms with Crippen molar-refractivity contribution in [2.45, 2.75) is 89.3 Å². The third-order valence-electron chi connectivity index (χ3n) is 7.73. The molecule has 1 aliphatic carbocycles. The molecule has 164 valence electrons. The number of hydrogen-bond donors (Lipinski definition) is 1. The SMILES string of the molecule is COC1CCC(C2CCC3C(C2)N(C(=O)C2CCCO2)C[C@H](C)N3C(C)=O)CN1. The molecule has 3 heterocycles. The van der Waals surface area contributed by atoms with Crippen LogP contribution >= 0.6 is 0 Å². The van der Waals surface area contributed by atoms with Crippen molar-refractivity contribution in [3.8, 4) is 0 Å². The Morgan fingerprint density at radius 1 is 1.07 bits per heavy atom. The first-order valence-electron chi connectivity index (χ1n) is 11.5. The molecule has 4 fully saturated rings. The van der Waals surface area contributed by atoms with E-state index in [-0.39, 0.29) is 42.3 Å². The van der Waals surface area contributed by atoms with Gasteiger partial charge in [-0.25, -0.2) is 0 Å². The summed E-state index contributed by atoms with van der Waals surface area (Å²) < 4.78 is 11.2. The van der Waals surface area contributed by atoms with Gasteiger partial charge >= 0.3 is 0 Å². The van der Waals surface area contributed by atoms with E-state index in [4.69, 9.17) is 9.47 Å². The molecule has 3 aliphatic heterocycles. The first-order valence-corrected chi connectivity index (χ1v) is 11.5. The molecule has 6 unspecified atom stereocenters. The Bertz CT molecular complexity index is 601. The smallest absolute Gasteiger partial charge is 0.252 e. The van der Waals surface area contributed by atoms with Crippen LogP contribution in [0, 0.1) is 11.8 Å². The zero-order valence-corrected chi connectivity index (χ0v) is 18.1. The molecule has 1 N–H and O–H groups in total. The topological polar surface area (TPSA) is 71.1 Å². The molecule has 0 spiro atoms. The van der Waals surface area contributed by atoms with E-state index in [1.165, 1.54) is 6.42 Å². The Morgan fingerprint density at radius 3 is 2.48 bits per heavy atom. The van der Waals surface area contributed by atoms with Gasteiger partial charge in [-0.2, -0.15) is 0 Å². The third kappa shape index (κ3) is 4.19. The molecular formula is C22H37N3O4. The van der Waals surface area contributed by atoms with Crippen molar-refractivity contribution in [1.29, 1.82) is 0 Å². The van der Waals surface area contributed by atoms with Gasteiger partial charge in [-0.05, 0) is 63.7 Å². The predicted octanol–water partition coefficient (Wildman–Crippen LogP) is 1.75. The van der Waals surface area contributed by atoms with Crippen LogP contribution in [-0.2, 0) is 19.1 Å². The maximum absolute atomic E-state index is 13.3. The van der Waals surface area contributed by atoms with Crippen LogP contribution in [0.3, 0.4) is 0 Å². The number of amides is 2. The van der Waals surface area contributed by atoms with Gasteiger partial charge in [-0.1, -0.05) is 0 Å². The fourth-order valence-corrected chi connectivity index (χ4v) is 6.30. The highest BCUT2D eigenvalue weighted by molar-refractivity contribution is 5.82. The van der Waals surface area contributed by atoms with E-state index in [1.807, 2.05) is 0 Å². The van der Waals surface area contributed by atoms with Gasteiger partial charge in [0.1, 0.15) is 12.3 Å². The molecule has 0 radical (unpaired) electrons. The molecular weight excluding hydrogens is 370 g/mol. The Hall–Kier alpha value is -1.18.